The average Bonchev–Trinajstić information content (AvgIpc) is 2.59. The molecular formula is C19H18ClN3. The highest BCUT2D eigenvalue weighted by Crippen LogP contribution is 2.19. The molecule has 0 aliphatic heterocycles. The lowest BCUT2D eigenvalue weighted by atomic mass is 10.1. The maximum Gasteiger partial charge on any atom is 0.0544 e. The Morgan fingerprint density at radius 2 is 1.57 bits per heavy atom. The maximum absolute atomic E-state index is 6.32. The zero-order valence-corrected chi connectivity index (χ0v) is 13.5. The zero-order valence-electron chi connectivity index (χ0n) is 12.8. The van der Waals surface area contributed by atoms with Crippen LogP contribution in [0.1, 0.15) is 16.8 Å². The number of hydrogen-bond donors (Lipinski definition) is 0. The van der Waals surface area contributed by atoms with Crippen LogP contribution in [0, 0.1) is 0 Å². The van der Waals surface area contributed by atoms with Gasteiger partial charge in [0.05, 0.1) is 5.69 Å². The summed E-state index contributed by atoms with van der Waals surface area (Å²) in [7, 11) is 0. The van der Waals surface area contributed by atoms with Gasteiger partial charge in [-0.1, -0.05) is 35.9 Å². The molecule has 0 N–H and O–H groups in total. The fraction of sp³-hybridized carbons (Fsp3) is 0.158. The fourth-order valence-electron chi connectivity index (χ4n) is 2.50. The Morgan fingerprint density at radius 3 is 2.30 bits per heavy atom. The molecule has 3 rings (SSSR count). The lowest BCUT2D eigenvalue weighted by Gasteiger charge is -2.22. The Morgan fingerprint density at radius 1 is 0.783 bits per heavy atom. The first kappa shape index (κ1) is 15.7. The van der Waals surface area contributed by atoms with E-state index in [2.05, 4.69) is 20.9 Å². The van der Waals surface area contributed by atoms with Gasteiger partial charge >= 0.3 is 0 Å². The van der Waals surface area contributed by atoms with Gasteiger partial charge in [0.15, 0.2) is 0 Å². The van der Waals surface area contributed by atoms with Gasteiger partial charge in [-0.15, -0.1) is 0 Å². The highest BCUT2D eigenvalue weighted by Gasteiger charge is 2.10. The molecule has 0 aliphatic carbocycles. The Kier molecular flexibility index (Phi) is 5.35. The summed E-state index contributed by atoms with van der Waals surface area (Å²) in [6, 6.07) is 18.1. The minimum absolute atomic E-state index is 0.772. The standard InChI is InChI=1S/C19H18ClN3/c20-19-7-2-1-5-17(19)14-23(13-16-8-11-21-12-9-16)15-18-6-3-4-10-22-18/h1-12H,13-15H2. The van der Waals surface area contributed by atoms with Crippen LogP contribution in [0.2, 0.25) is 5.02 Å². The average molecular weight is 324 g/mol. The molecule has 0 spiro atoms. The van der Waals surface area contributed by atoms with Gasteiger partial charge in [0.1, 0.15) is 0 Å². The molecule has 4 heteroatoms. The van der Waals surface area contributed by atoms with E-state index in [4.69, 9.17) is 11.6 Å². The molecule has 116 valence electrons. The number of benzene rings is 1. The second kappa shape index (κ2) is 7.86. The van der Waals surface area contributed by atoms with E-state index in [-0.39, 0.29) is 0 Å². The van der Waals surface area contributed by atoms with Gasteiger partial charge in [-0.25, -0.2) is 0 Å². The molecule has 23 heavy (non-hydrogen) atoms. The summed E-state index contributed by atoms with van der Waals surface area (Å²) in [6.07, 6.45) is 5.48. The predicted octanol–water partition coefficient (Wildman–Crippen LogP) is 4.33. The van der Waals surface area contributed by atoms with Crippen LogP contribution < -0.4 is 0 Å². The molecule has 0 unspecified atom stereocenters. The van der Waals surface area contributed by atoms with Crippen LogP contribution in [0.15, 0.2) is 73.2 Å². The molecule has 0 radical (unpaired) electrons. The van der Waals surface area contributed by atoms with Crippen molar-refractivity contribution in [3.8, 4) is 0 Å². The topological polar surface area (TPSA) is 29.0 Å². The van der Waals surface area contributed by atoms with Crippen molar-refractivity contribution in [3.05, 3.63) is 95.0 Å². The Bertz CT molecular complexity index is 690. The van der Waals surface area contributed by atoms with Crippen molar-refractivity contribution in [1.82, 2.24) is 14.9 Å². The van der Waals surface area contributed by atoms with Crippen LogP contribution in [0.25, 0.3) is 0 Å². The lowest BCUT2D eigenvalue weighted by molar-refractivity contribution is 0.244. The van der Waals surface area contributed by atoms with Crippen molar-refractivity contribution >= 4 is 11.6 Å². The number of aromatic nitrogens is 2. The Balaban J connectivity index is 1.79. The number of rotatable bonds is 6. The summed E-state index contributed by atoms with van der Waals surface area (Å²) in [5, 5.41) is 0.799. The zero-order chi connectivity index (χ0) is 15.9. The van der Waals surface area contributed by atoms with Gasteiger partial charge in [0.2, 0.25) is 0 Å². The SMILES string of the molecule is Clc1ccccc1CN(Cc1ccncc1)Cc1ccccn1. The minimum atomic E-state index is 0.772. The highest BCUT2D eigenvalue weighted by atomic mass is 35.5. The van der Waals surface area contributed by atoms with E-state index in [0.717, 1.165) is 35.9 Å². The van der Waals surface area contributed by atoms with Gasteiger partial charge in [-0.3, -0.25) is 14.9 Å². The molecule has 0 fully saturated rings. The first-order valence-electron chi connectivity index (χ1n) is 7.56. The third-order valence-electron chi connectivity index (χ3n) is 3.62. The first-order valence-corrected chi connectivity index (χ1v) is 7.93. The lowest BCUT2D eigenvalue weighted by Crippen LogP contribution is -2.23. The molecule has 3 aromatic rings. The molecule has 2 aromatic heterocycles. The molecule has 0 saturated heterocycles. The Hall–Kier alpha value is -2.23. The minimum Gasteiger partial charge on any atom is -0.289 e. The molecule has 0 amide bonds. The number of halogens is 1. The van der Waals surface area contributed by atoms with Crippen LogP contribution >= 0.6 is 11.6 Å². The summed E-state index contributed by atoms with van der Waals surface area (Å²) < 4.78 is 0. The molecular weight excluding hydrogens is 306 g/mol. The summed E-state index contributed by atoms with van der Waals surface area (Å²) in [4.78, 5) is 10.9. The summed E-state index contributed by atoms with van der Waals surface area (Å²) in [5.74, 6) is 0. The van der Waals surface area contributed by atoms with Crippen molar-refractivity contribution in [1.29, 1.82) is 0 Å². The number of pyridine rings is 2. The molecule has 2 heterocycles. The Labute approximate surface area is 141 Å². The summed E-state index contributed by atoms with van der Waals surface area (Å²) >= 11 is 6.32. The largest absolute Gasteiger partial charge is 0.289 e. The number of hydrogen-bond acceptors (Lipinski definition) is 3. The van der Waals surface area contributed by atoms with E-state index in [9.17, 15) is 0 Å². The molecule has 0 aliphatic rings. The van der Waals surface area contributed by atoms with Crippen LogP contribution in [-0.4, -0.2) is 14.9 Å². The van der Waals surface area contributed by atoms with E-state index in [1.807, 2.05) is 67.1 Å². The maximum atomic E-state index is 6.32. The van der Waals surface area contributed by atoms with Crippen molar-refractivity contribution < 1.29 is 0 Å². The van der Waals surface area contributed by atoms with Gasteiger partial charge in [0.25, 0.3) is 0 Å². The van der Waals surface area contributed by atoms with Crippen LogP contribution in [-0.2, 0) is 19.6 Å². The predicted molar refractivity (Wildman–Crippen MR) is 92.9 cm³/mol. The molecule has 0 bridgehead atoms. The third-order valence-corrected chi connectivity index (χ3v) is 3.99. The van der Waals surface area contributed by atoms with E-state index >= 15 is 0 Å². The van der Waals surface area contributed by atoms with Crippen LogP contribution in [0.5, 0.6) is 0 Å². The molecule has 0 atom stereocenters. The van der Waals surface area contributed by atoms with Crippen molar-refractivity contribution in [2.75, 3.05) is 0 Å². The third kappa shape index (κ3) is 4.62. The summed E-state index contributed by atoms with van der Waals surface area (Å²) in [6.45, 7) is 2.37. The van der Waals surface area contributed by atoms with E-state index in [1.165, 1.54) is 5.56 Å². The first-order chi connectivity index (χ1) is 11.3. The summed E-state index contributed by atoms with van der Waals surface area (Å²) in [5.41, 5.74) is 3.40. The van der Waals surface area contributed by atoms with Gasteiger partial charge in [-0.2, -0.15) is 0 Å². The molecule has 3 nitrogen and oxygen atoms in total. The normalized spacial score (nSPS) is 10.9. The molecule has 1 aromatic carbocycles. The van der Waals surface area contributed by atoms with E-state index in [1.54, 1.807) is 0 Å². The van der Waals surface area contributed by atoms with Crippen molar-refractivity contribution in [2.45, 2.75) is 19.6 Å². The monoisotopic (exact) mass is 323 g/mol. The quantitative estimate of drug-likeness (QED) is 0.676. The number of nitrogens with zero attached hydrogens (tertiary/aromatic N) is 3. The van der Waals surface area contributed by atoms with E-state index < -0.39 is 0 Å². The van der Waals surface area contributed by atoms with Crippen molar-refractivity contribution in [2.24, 2.45) is 0 Å². The highest BCUT2D eigenvalue weighted by molar-refractivity contribution is 6.31. The molecule has 0 saturated carbocycles. The van der Waals surface area contributed by atoms with Crippen molar-refractivity contribution in [3.63, 3.8) is 0 Å². The second-order valence-electron chi connectivity index (χ2n) is 5.41. The smallest absolute Gasteiger partial charge is 0.0544 e. The van der Waals surface area contributed by atoms with Crippen LogP contribution in [0.4, 0.5) is 0 Å². The second-order valence-corrected chi connectivity index (χ2v) is 5.82. The van der Waals surface area contributed by atoms with E-state index in [0.29, 0.717) is 0 Å². The van der Waals surface area contributed by atoms with Gasteiger partial charge < -0.3 is 0 Å². The van der Waals surface area contributed by atoms with Gasteiger partial charge in [0, 0.05) is 43.2 Å². The fourth-order valence-corrected chi connectivity index (χ4v) is 2.70. The van der Waals surface area contributed by atoms with Crippen LogP contribution in [0.3, 0.4) is 0 Å². The van der Waals surface area contributed by atoms with Gasteiger partial charge in [-0.05, 0) is 41.5 Å².